The minimum atomic E-state index is -0.374. The second kappa shape index (κ2) is 4.55. The number of imide groups is 1. The van der Waals surface area contributed by atoms with Crippen LogP contribution in [0, 0.1) is 23.2 Å². The van der Waals surface area contributed by atoms with E-state index in [0.717, 1.165) is 27.2 Å². The van der Waals surface area contributed by atoms with Crippen molar-refractivity contribution in [3.05, 3.63) is 70.8 Å². The maximum atomic E-state index is 12.9. The van der Waals surface area contributed by atoms with E-state index in [1.54, 1.807) is 0 Å². The lowest BCUT2D eigenvalue weighted by Crippen LogP contribution is -2.41. The first-order chi connectivity index (χ1) is 11.7. The number of nitrogens with zero attached hydrogens (tertiary/aromatic N) is 2. The van der Waals surface area contributed by atoms with Gasteiger partial charge in [-0.3, -0.25) is 14.5 Å². The molecule has 4 nitrogen and oxygen atoms in total. The Hall–Kier alpha value is -2.93. The van der Waals surface area contributed by atoms with Crippen LogP contribution in [0.15, 0.2) is 48.5 Å². The monoisotopic (exact) mass is 314 g/mol. The van der Waals surface area contributed by atoms with E-state index in [9.17, 15) is 9.59 Å². The smallest absolute Gasteiger partial charge is 0.235 e. The van der Waals surface area contributed by atoms with Gasteiger partial charge in [-0.1, -0.05) is 48.5 Å². The molecule has 1 heterocycles. The zero-order valence-electron chi connectivity index (χ0n) is 12.8. The Morgan fingerprint density at radius 1 is 0.792 bits per heavy atom. The van der Waals surface area contributed by atoms with Crippen LogP contribution in [0.25, 0.3) is 0 Å². The van der Waals surface area contributed by atoms with Gasteiger partial charge in [-0.15, -0.1) is 0 Å². The largest absolute Gasteiger partial charge is 0.274 e. The van der Waals surface area contributed by atoms with Gasteiger partial charge in [-0.05, 0) is 22.3 Å². The van der Waals surface area contributed by atoms with Gasteiger partial charge in [0.05, 0.1) is 17.9 Å². The van der Waals surface area contributed by atoms with E-state index in [-0.39, 0.29) is 42.0 Å². The third kappa shape index (κ3) is 1.43. The van der Waals surface area contributed by atoms with Crippen molar-refractivity contribution < 1.29 is 9.59 Å². The molecule has 4 aliphatic rings. The zero-order chi connectivity index (χ0) is 16.4. The average Bonchev–Trinajstić information content (AvgIpc) is 2.88. The summed E-state index contributed by atoms with van der Waals surface area (Å²) in [6, 6.07) is 18.2. The zero-order valence-corrected chi connectivity index (χ0v) is 12.8. The predicted molar refractivity (Wildman–Crippen MR) is 85.9 cm³/mol. The predicted octanol–water partition coefficient (Wildman–Crippen LogP) is 2.40. The van der Waals surface area contributed by atoms with Crippen molar-refractivity contribution in [1.29, 1.82) is 5.26 Å². The quantitative estimate of drug-likeness (QED) is 0.600. The molecule has 0 spiro atoms. The molecule has 2 bridgehead atoms. The Balaban J connectivity index is 1.79. The molecule has 1 aliphatic heterocycles. The van der Waals surface area contributed by atoms with E-state index in [1.807, 2.05) is 30.3 Å². The van der Waals surface area contributed by atoms with Gasteiger partial charge >= 0.3 is 0 Å². The summed E-state index contributed by atoms with van der Waals surface area (Å²) in [6.07, 6.45) is 0. The number of amides is 2. The van der Waals surface area contributed by atoms with Crippen molar-refractivity contribution in [3.8, 4) is 6.07 Å². The molecular weight excluding hydrogens is 300 g/mol. The van der Waals surface area contributed by atoms with E-state index in [4.69, 9.17) is 5.26 Å². The molecule has 1 saturated heterocycles. The number of rotatable bonds is 1. The fourth-order valence-electron chi connectivity index (χ4n) is 4.97. The second-order valence-corrected chi connectivity index (χ2v) is 6.69. The fourth-order valence-corrected chi connectivity index (χ4v) is 4.97. The molecule has 4 heteroatoms. The van der Waals surface area contributed by atoms with Gasteiger partial charge in [0.25, 0.3) is 0 Å². The Kier molecular flexibility index (Phi) is 2.56. The van der Waals surface area contributed by atoms with E-state index >= 15 is 0 Å². The first-order valence-electron chi connectivity index (χ1n) is 8.14. The molecule has 116 valence electrons. The first kappa shape index (κ1) is 13.5. The Morgan fingerprint density at radius 3 is 1.50 bits per heavy atom. The van der Waals surface area contributed by atoms with Crippen molar-refractivity contribution in [1.82, 2.24) is 4.90 Å². The second-order valence-electron chi connectivity index (χ2n) is 6.69. The van der Waals surface area contributed by atoms with E-state index in [2.05, 4.69) is 24.3 Å². The Morgan fingerprint density at radius 2 is 1.17 bits per heavy atom. The normalized spacial score (nSPS) is 29.0. The third-order valence-corrected chi connectivity index (χ3v) is 5.77. The number of hydrogen-bond acceptors (Lipinski definition) is 3. The molecule has 2 aromatic carbocycles. The highest BCUT2D eigenvalue weighted by atomic mass is 16.2. The summed E-state index contributed by atoms with van der Waals surface area (Å²) in [6.45, 7) is -0.156. The molecular formula is C20H14N2O2. The van der Waals surface area contributed by atoms with Crippen LogP contribution in [0.4, 0.5) is 0 Å². The van der Waals surface area contributed by atoms with Gasteiger partial charge in [0.15, 0.2) is 0 Å². The maximum absolute atomic E-state index is 12.9. The highest BCUT2D eigenvalue weighted by Crippen LogP contribution is 2.60. The standard InChI is InChI=1S/C20H14N2O2/c21-9-10-22-19(23)17-15-11-5-1-2-6-12(11)16(18(17)20(22)24)14-8-4-3-7-13(14)15/h1-8,15-18H,10H2/t15?,16?,17-,18+. The van der Waals surface area contributed by atoms with Crippen molar-refractivity contribution in [2.45, 2.75) is 11.8 Å². The first-order valence-corrected chi connectivity index (χ1v) is 8.14. The molecule has 6 rings (SSSR count). The summed E-state index contributed by atoms with van der Waals surface area (Å²) in [4.78, 5) is 27.0. The molecule has 2 atom stereocenters. The number of benzene rings is 2. The van der Waals surface area contributed by atoms with Crippen LogP contribution in [0.3, 0.4) is 0 Å². The number of carbonyl (C=O) groups excluding carboxylic acids is 2. The molecule has 1 fully saturated rings. The molecule has 2 aromatic rings. The minimum Gasteiger partial charge on any atom is -0.274 e. The maximum Gasteiger partial charge on any atom is 0.235 e. The number of nitriles is 1. The van der Waals surface area contributed by atoms with Crippen LogP contribution < -0.4 is 0 Å². The van der Waals surface area contributed by atoms with Gasteiger partial charge in [0.2, 0.25) is 11.8 Å². The van der Waals surface area contributed by atoms with Gasteiger partial charge in [0.1, 0.15) is 6.54 Å². The summed E-state index contributed by atoms with van der Waals surface area (Å²) in [5.41, 5.74) is 4.62. The lowest BCUT2D eigenvalue weighted by atomic mass is 9.55. The Labute approximate surface area is 139 Å². The summed E-state index contributed by atoms with van der Waals surface area (Å²) in [5, 5.41) is 8.99. The summed E-state index contributed by atoms with van der Waals surface area (Å²) in [7, 11) is 0. The SMILES string of the molecule is N#CCN1C(=O)[C@@H]2C3c4ccccc4C(c4ccccc43)[C@@H]2C1=O. The van der Waals surface area contributed by atoms with Crippen molar-refractivity contribution >= 4 is 11.8 Å². The molecule has 24 heavy (non-hydrogen) atoms. The van der Waals surface area contributed by atoms with Crippen LogP contribution in [0.2, 0.25) is 0 Å². The fraction of sp³-hybridized carbons (Fsp3) is 0.250. The summed E-state index contributed by atoms with van der Waals surface area (Å²) in [5.74, 6) is -1.31. The van der Waals surface area contributed by atoms with Crippen molar-refractivity contribution in [2.75, 3.05) is 6.54 Å². The van der Waals surface area contributed by atoms with Crippen LogP contribution in [-0.4, -0.2) is 23.3 Å². The van der Waals surface area contributed by atoms with E-state index in [0.29, 0.717) is 0 Å². The van der Waals surface area contributed by atoms with Gasteiger partial charge in [0, 0.05) is 11.8 Å². The minimum absolute atomic E-state index is 0.0902. The van der Waals surface area contributed by atoms with Crippen molar-refractivity contribution in [3.63, 3.8) is 0 Å². The topological polar surface area (TPSA) is 61.2 Å². The van der Waals surface area contributed by atoms with Crippen LogP contribution >= 0.6 is 0 Å². The molecule has 0 N–H and O–H groups in total. The van der Waals surface area contributed by atoms with Gasteiger partial charge < -0.3 is 0 Å². The average molecular weight is 314 g/mol. The third-order valence-electron chi connectivity index (χ3n) is 5.77. The van der Waals surface area contributed by atoms with Crippen LogP contribution in [-0.2, 0) is 9.59 Å². The van der Waals surface area contributed by atoms with Gasteiger partial charge in [-0.25, -0.2) is 0 Å². The van der Waals surface area contributed by atoms with Crippen LogP contribution in [0.1, 0.15) is 34.1 Å². The molecule has 0 unspecified atom stereocenters. The number of likely N-dealkylation sites (tertiary alicyclic amines) is 1. The molecule has 0 radical (unpaired) electrons. The summed E-state index contributed by atoms with van der Waals surface area (Å²) >= 11 is 0. The van der Waals surface area contributed by atoms with E-state index < -0.39 is 0 Å². The molecule has 0 aromatic heterocycles. The molecule has 0 saturated carbocycles. The number of carbonyl (C=O) groups is 2. The lowest BCUT2D eigenvalue weighted by Gasteiger charge is -2.45. The van der Waals surface area contributed by atoms with Crippen LogP contribution in [0.5, 0.6) is 0 Å². The number of hydrogen-bond donors (Lipinski definition) is 0. The van der Waals surface area contributed by atoms with Gasteiger partial charge in [-0.2, -0.15) is 5.26 Å². The highest BCUT2D eigenvalue weighted by molar-refractivity contribution is 6.07. The Bertz CT molecular complexity index is 827. The molecule has 3 aliphatic carbocycles. The molecule has 2 amide bonds. The lowest BCUT2D eigenvalue weighted by molar-refractivity contribution is -0.139. The van der Waals surface area contributed by atoms with E-state index in [1.165, 1.54) is 0 Å². The highest BCUT2D eigenvalue weighted by Gasteiger charge is 2.61. The van der Waals surface area contributed by atoms with Crippen molar-refractivity contribution in [2.24, 2.45) is 11.8 Å². The summed E-state index contributed by atoms with van der Waals surface area (Å²) < 4.78 is 0.